The molecule has 4 N–H and O–H groups in total. The van der Waals surface area contributed by atoms with Crippen LogP contribution in [0.15, 0.2) is 24.8 Å². The molecule has 0 aliphatic carbocycles. The molecule has 0 aliphatic heterocycles. The van der Waals surface area contributed by atoms with Crippen molar-refractivity contribution in [2.24, 2.45) is 0 Å². The molecular weight excluding hydrogens is 328 g/mol. The number of carbonyl (C=O) groups excluding carboxylic acids is 2. The van der Waals surface area contributed by atoms with Gasteiger partial charge in [-0.05, 0) is 19.4 Å². The number of pyridine rings is 2. The van der Waals surface area contributed by atoms with Gasteiger partial charge in [0.15, 0.2) is 6.20 Å². The Morgan fingerprint density at radius 1 is 0.960 bits per heavy atom. The Bertz CT molecular complexity index is 749. The first-order valence-corrected chi connectivity index (χ1v) is 7.08. The maximum Gasteiger partial charge on any atom is 0.340 e. The van der Waals surface area contributed by atoms with Crippen LogP contribution in [-0.2, 0) is 9.47 Å². The van der Waals surface area contributed by atoms with Gasteiger partial charge in [0.1, 0.15) is 5.69 Å². The summed E-state index contributed by atoms with van der Waals surface area (Å²) in [4.78, 5) is 26.1. The van der Waals surface area contributed by atoms with Gasteiger partial charge in [0.2, 0.25) is 6.20 Å². The number of ether oxygens (including phenoxy) is 2. The van der Waals surface area contributed by atoms with E-state index in [1.54, 1.807) is 20.0 Å². The monoisotopic (exact) mass is 348 g/mol. The summed E-state index contributed by atoms with van der Waals surface area (Å²) in [6.07, 6.45) is 5.39. The number of aryl methyl sites for hydroxylation is 2. The lowest BCUT2D eigenvalue weighted by atomic mass is 10.1. The largest absolute Gasteiger partial charge is 0.619 e. The molecule has 2 aromatic rings. The zero-order valence-corrected chi connectivity index (χ0v) is 14.4. The fraction of sp³-hybridized carbons (Fsp3) is 0.250. The second-order valence-corrected chi connectivity index (χ2v) is 5.04. The summed E-state index contributed by atoms with van der Waals surface area (Å²) in [5, 5.41) is 10.9. The molecule has 0 amide bonds. The summed E-state index contributed by atoms with van der Waals surface area (Å²) in [6, 6.07) is 0. The topological polar surface area (TPSA) is 144 Å². The average molecular weight is 348 g/mol. The third kappa shape index (κ3) is 4.80. The number of methoxy groups -OCH3 is 2. The maximum absolute atomic E-state index is 11.2. The van der Waals surface area contributed by atoms with Crippen molar-refractivity contribution in [1.82, 2.24) is 4.98 Å². The van der Waals surface area contributed by atoms with E-state index in [9.17, 15) is 14.8 Å². The fourth-order valence-electron chi connectivity index (χ4n) is 2.07. The van der Waals surface area contributed by atoms with Gasteiger partial charge in [0, 0.05) is 11.8 Å². The minimum Gasteiger partial charge on any atom is -0.619 e. The molecule has 0 unspecified atom stereocenters. The molecule has 0 bridgehead atoms. The van der Waals surface area contributed by atoms with Crippen molar-refractivity contribution in [2.75, 3.05) is 25.7 Å². The van der Waals surface area contributed by atoms with Gasteiger partial charge in [-0.25, -0.2) is 9.59 Å². The van der Waals surface area contributed by atoms with Crippen LogP contribution in [0.4, 0.5) is 11.4 Å². The molecule has 2 aromatic heterocycles. The van der Waals surface area contributed by atoms with Crippen LogP contribution in [0.2, 0.25) is 0 Å². The highest BCUT2D eigenvalue weighted by molar-refractivity contribution is 5.96. The van der Waals surface area contributed by atoms with Crippen molar-refractivity contribution >= 4 is 23.3 Å². The minimum atomic E-state index is -0.532. The molecular formula is C16H20N4O5. The van der Waals surface area contributed by atoms with Crippen LogP contribution in [0.3, 0.4) is 0 Å². The van der Waals surface area contributed by atoms with Crippen LogP contribution in [0.1, 0.15) is 31.8 Å². The average Bonchev–Trinajstić information content (AvgIpc) is 2.53. The Hall–Kier alpha value is -3.36. The Kier molecular flexibility index (Phi) is 6.68. The summed E-state index contributed by atoms with van der Waals surface area (Å²) in [6.45, 7) is 3.38. The number of nitrogens with two attached hydrogens (primary N) is 2. The molecule has 25 heavy (non-hydrogen) atoms. The van der Waals surface area contributed by atoms with Gasteiger partial charge in [0.25, 0.3) is 0 Å². The number of hydrogen-bond acceptors (Lipinski definition) is 8. The predicted octanol–water partition coefficient (Wildman–Crippen LogP) is 0.756. The second-order valence-electron chi connectivity index (χ2n) is 5.04. The molecule has 0 atom stereocenters. The number of esters is 2. The third-order valence-electron chi connectivity index (χ3n) is 3.21. The summed E-state index contributed by atoms with van der Waals surface area (Å²) in [5.74, 6) is -0.956. The molecule has 0 saturated carbocycles. The number of rotatable bonds is 2. The van der Waals surface area contributed by atoms with Gasteiger partial charge in [0.05, 0.1) is 37.2 Å². The number of nitrogen functional groups attached to an aromatic ring is 2. The van der Waals surface area contributed by atoms with Crippen molar-refractivity contribution in [1.29, 1.82) is 0 Å². The molecule has 9 nitrogen and oxygen atoms in total. The van der Waals surface area contributed by atoms with Gasteiger partial charge >= 0.3 is 11.9 Å². The highest BCUT2D eigenvalue weighted by Crippen LogP contribution is 2.15. The second kappa shape index (κ2) is 8.48. The molecule has 9 heteroatoms. The zero-order valence-electron chi connectivity index (χ0n) is 14.4. The third-order valence-corrected chi connectivity index (χ3v) is 3.21. The lowest BCUT2D eigenvalue weighted by Crippen LogP contribution is -2.28. The summed E-state index contributed by atoms with van der Waals surface area (Å²) >= 11 is 0. The van der Waals surface area contributed by atoms with E-state index in [1.165, 1.54) is 26.6 Å². The van der Waals surface area contributed by atoms with Crippen molar-refractivity contribution in [3.05, 3.63) is 52.2 Å². The van der Waals surface area contributed by atoms with Gasteiger partial charge in [-0.2, -0.15) is 4.73 Å². The predicted molar refractivity (Wildman–Crippen MR) is 90.6 cm³/mol. The van der Waals surface area contributed by atoms with E-state index in [4.69, 9.17) is 11.5 Å². The summed E-state index contributed by atoms with van der Waals surface area (Å²) < 4.78 is 9.61. The van der Waals surface area contributed by atoms with Gasteiger partial charge in [-0.3, -0.25) is 4.98 Å². The number of hydrogen-bond donors (Lipinski definition) is 2. The van der Waals surface area contributed by atoms with E-state index in [-0.39, 0.29) is 11.3 Å². The number of nitrogens with zero attached hydrogens (tertiary/aromatic N) is 2. The zero-order chi connectivity index (χ0) is 19.1. The lowest BCUT2D eigenvalue weighted by Gasteiger charge is -2.06. The minimum absolute atomic E-state index is 0.127. The first-order chi connectivity index (χ1) is 11.7. The number of aromatic nitrogens is 2. The van der Waals surface area contributed by atoms with Crippen LogP contribution in [0.5, 0.6) is 0 Å². The number of anilines is 2. The first kappa shape index (κ1) is 19.7. The normalized spacial score (nSPS) is 9.60. The fourth-order valence-corrected chi connectivity index (χ4v) is 2.07. The Morgan fingerprint density at radius 3 is 1.92 bits per heavy atom. The van der Waals surface area contributed by atoms with Crippen LogP contribution < -0.4 is 16.2 Å². The summed E-state index contributed by atoms with van der Waals surface area (Å²) in [5.41, 5.74) is 13.4. The molecule has 2 rings (SSSR count). The molecule has 2 heterocycles. The van der Waals surface area contributed by atoms with Crippen molar-refractivity contribution < 1.29 is 23.8 Å². The molecule has 0 aliphatic rings. The van der Waals surface area contributed by atoms with E-state index in [1.807, 2.05) is 0 Å². The summed E-state index contributed by atoms with van der Waals surface area (Å²) in [7, 11) is 2.58. The SMILES string of the molecule is COC(=O)c1c(C)c[n+]([O-])cc1N.COC(=O)c1c(C)cncc1N. The molecule has 0 radical (unpaired) electrons. The van der Waals surface area contributed by atoms with Crippen LogP contribution in [0, 0.1) is 19.1 Å². The van der Waals surface area contributed by atoms with Gasteiger partial charge in [-0.1, -0.05) is 0 Å². The van der Waals surface area contributed by atoms with Crippen molar-refractivity contribution in [3.8, 4) is 0 Å². The smallest absolute Gasteiger partial charge is 0.340 e. The van der Waals surface area contributed by atoms with E-state index in [0.29, 0.717) is 21.5 Å². The molecule has 0 saturated heterocycles. The van der Waals surface area contributed by atoms with Crippen LogP contribution >= 0.6 is 0 Å². The maximum atomic E-state index is 11.2. The van der Waals surface area contributed by atoms with Crippen LogP contribution in [0.25, 0.3) is 0 Å². The molecule has 0 spiro atoms. The molecule has 134 valence electrons. The van der Waals surface area contributed by atoms with Crippen LogP contribution in [-0.4, -0.2) is 31.1 Å². The number of carbonyl (C=O) groups is 2. The first-order valence-electron chi connectivity index (χ1n) is 7.08. The standard InChI is InChI=1S/C8H10N2O3.C8H10N2O2/c1-5-3-10(12)4-6(9)7(5)8(11)13-2;1-5-3-10-4-6(9)7(5)8(11)12-2/h3-4H,9H2,1-2H3;3-4H,9H2,1-2H3. The Morgan fingerprint density at radius 2 is 1.48 bits per heavy atom. The van der Waals surface area contributed by atoms with E-state index in [0.717, 1.165) is 11.8 Å². The quantitative estimate of drug-likeness (QED) is 0.459. The Labute approximate surface area is 144 Å². The lowest BCUT2D eigenvalue weighted by molar-refractivity contribution is -0.605. The van der Waals surface area contributed by atoms with E-state index in [2.05, 4.69) is 14.5 Å². The van der Waals surface area contributed by atoms with Gasteiger partial charge in [-0.15, -0.1) is 0 Å². The molecule has 0 fully saturated rings. The highest BCUT2D eigenvalue weighted by atomic mass is 16.5. The Balaban J connectivity index is 0.000000251. The van der Waals surface area contributed by atoms with Crippen molar-refractivity contribution in [2.45, 2.75) is 13.8 Å². The highest BCUT2D eigenvalue weighted by Gasteiger charge is 2.16. The van der Waals surface area contributed by atoms with Gasteiger partial charge < -0.3 is 26.1 Å². The molecule has 0 aromatic carbocycles. The van der Waals surface area contributed by atoms with E-state index >= 15 is 0 Å². The van der Waals surface area contributed by atoms with E-state index < -0.39 is 11.9 Å². The van der Waals surface area contributed by atoms with Crippen molar-refractivity contribution in [3.63, 3.8) is 0 Å².